The van der Waals surface area contributed by atoms with Crippen LogP contribution in [0.15, 0.2) is 35.2 Å². The van der Waals surface area contributed by atoms with E-state index in [1.165, 1.54) is 32.1 Å². The van der Waals surface area contributed by atoms with Crippen molar-refractivity contribution in [2.75, 3.05) is 0 Å². The average molecular weight is 332 g/mol. The first kappa shape index (κ1) is 16.4. The summed E-state index contributed by atoms with van der Waals surface area (Å²) in [6.07, 6.45) is 7.64. The van der Waals surface area contributed by atoms with Crippen LogP contribution in [-0.4, -0.2) is 4.98 Å². The summed E-state index contributed by atoms with van der Waals surface area (Å²) in [7, 11) is 0. The molecule has 5 heteroatoms. The molecule has 124 valence electrons. The first-order chi connectivity index (χ1) is 11.3. The fraction of sp³-hybridized carbons (Fsp3) is 0.500. The van der Waals surface area contributed by atoms with Crippen LogP contribution in [0.4, 0.5) is 0 Å². The van der Waals surface area contributed by atoms with Crippen LogP contribution in [0, 0.1) is 5.92 Å². The van der Waals surface area contributed by atoms with Gasteiger partial charge in [-0.1, -0.05) is 44.2 Å². The smallest absolute Gasteiger partial charge is 0.131 e. The Morgan fingerprint density at radius 2 is 1.96 bits per heavy atom. The maximum Gasteiger partial charge on any atom is 0.131 e. The third-order valence-corrected chi connectivity index (χ3v) is 5.19. The minimum absolute atomic E-state index is 0.0225. The fourth-order valence-electron chi connectivity index (χ4n) is 3.24. The number of hydrogen-bond acceptors (Lipinski definition) is 5. The van der Waals surface area contributed by atoms with Crippen LogP contribution in [0.1, 0.15) is 55.9 Å². The molecule has 0 spiro atoms. The van der Waals surface area contributed by atoms with E-state index in [1.54, 1.807) is 11.3 Å². The fourth-order valence-corrected chi connectivity index (χ4v) is 3.78. The van der Waals surface area contributed by atoms with E-state index in [-0.39, 0.29) is 6.10 Å². The van der Waals surface area contributed by atoms with Crippen molar-refractivity contribution in [1.29, 1.82) is 0 Å². The molecular weight excluding hydrogens is 308 g/mol. The number of hydrogen-bond donors (Lipinski definition) is 1. The molecule has 4 nitrogen and oxygen atoms in total. The number of benzene rings is 1. The van der Waals surface area contributed by atoms with E-state index in [4.69, 9.17) is 15.5 Å². The standard InChI is InChI=1S/C18H24N2O2S/c19-22-18(10-14-4-2-1-3-5-14)15-6-8-17(9-7-15)21-11-16-12-23-13-20-16/h6-9,12-14,18H,1-5,10-11,19H2. The van der Waals surface area contributed by atoms with Crippen molar-refractivity contribution >= 4 is 11.3 Å². The average Bonchev–Trinajstić information content (AvgIpc) is 3.13. The molecule has 2 N–H and O–H groups in total. The van der Waals surface area contributed by atoms with Gasteiger partial charge >= 0.3 is 0 Å². The molecule has 3 rings (SSSR count). The van der Waals surface area contributed by atoms with Crippen LogP contribution in [0.5, 0.6) is 5.75 Å². The summed E-state index contributed by atoms with van der Waals surface area (Å²) in [6.45, 7) is 0.502. The number of rotatable bonds is 7. The zero-order chi connectivity index (χ0) is 15.9. The van der Waals surface area contributed by atoms with Gasteiger partial charge in [-0.25, -0.2) is 10.9 Å². The van der Waals surface area contributed by atoms with Gasteiger partial charge in [-0.05, 0) is 30.0 Å². The van der Waals surface area contributed by atoms with Gasteiger partial charge in [0.25, 0.3) is 0 Å². The molecule has 1 atom stereocenters. The lowest BCUT2D eigenvalue weighted by Gasteiger charge is -2.25. The van der Waals surface area contributed by atoms with Gasteiger partial charge in [-0.2, -0.15) is 0 Å². The lowest BCUT2D eigenvalue weighted by molar-refractivity contribution is 0.0300. The second-order valence-electron chi connectivity index (χ2n) is 6.20. The Balaban J connectivity index is 1.55. The molecule has 1 aliphatic carbocycles. The van der Waals surface area contributed by atoms with Gasteiger partial charge < -0.3 is 4.74 Å². The Kier molecular flexibility index (Phi) is 6.02. The molecule has 0 bridgehead atoms. The van der Waals surface area contributed by atoms with E-state index in [2.05, 4.69) is 17.1 Å². The molecule has 1 heterocycles. The molecule has 0 amide bonds. The Morgan fingerprint density at radius 3 is 2.61 bits per heavy atom. The number of ether oxygens (including phenoxy) is 1. The number of thiazole rings is 1. The second-order valence-corrected chi connectivity index (χ2v) is 6.92. The van der Waals surface area contributed by atoms with E-state index in [0.29, 0.717) is 6.61 Å². The Hall–Kier alpha value is -1.43. The van der Waals surface area contributed by atoms with Crippen LogP contribution in [0.3, 0.4) is 0 Å². The SMILES string of the molecule is NOC(CC1CCCCC1)c1ccc(OCc2cscn2)cc1. The molecular formula is C18H24N2O2S. The summed E-state index contributed by atoms with van der Waals surface area (Å²) in [5.74, 6) is 7.12. The number of aromatic nitrogens is 1. The minimum atomic E-state index is -0.0225. The first-order valence-electron chi connectivity index (χ1n) is 8.30. The zero-order valence-corrected chi connectivity index (χ0v) is 14.1. The minimum Gasteiger partial charge on any atom is -0.487 e. The van der Waals surface area contributed by atoms with E-state index in [9.17, 15) is 0 Å². The van der Waals surface area contributed by atoms with Gasteiger partial charge in [0.2, 0.25) is 0 Å². The van der Waals surface area contributed by atoms with Crippen LogP contribution in [-0.2, 0) is 11.4 Å². The van der Waals surface area contributed by atoms with Crippen molar-refractivity contribution in [2.24, 2.45) is 11.8 Å². The van der Waals surface area contributed by atoms with Gasteiger partial charge in [0.15, 0.2) is 0 Å². The van der Waals surface area contributed by atoms with Crippen LogP contribution < -0.4 is 10.6 Å². The molecule has 1 unspecified atom stereocenters. The molecule has 0 saturated heterocycles. The predicted octanol–water partition coefficient (Wildman–Crippen LogP) is 4.62. The van der Waals surface area contributed by atoms with Crippen molar-refractivity contribution in [1.82, 2.24) is 4.98 Å². The van der Waals surface area contributed by atoms with E-state index < -0.39 is 0 Å². The van der Waals surface area contributed by atoms with Gasteiger partial charge in [0.05, 0.1) is 11.2 Å². The first-order valence-corrected chi connectivity index (χ1v) is 9.25. The molecule has 23 heavy (non-hydrogen) atoms. The summed E-state index contributed by atoms with van der Waals surface area (Å²) in [5.41, 5.74) is 3.90. The Labute approximate surface area is 141 Å². The van der Waals surface area contributed by atoms with Crippen molar-refractivity contribution < 1.29 is 9.57 Å². The largest absolute Gasteiger partial charge is 0.487 e. The quantitative estimate of drug-likeness (QED) is 0.751. The topological polar surface area (TPSA) is 57.4 Å². The van der Waals surface area contributed by atoms with Gasteiger partial charge in [0, 0.05) is 5.38 Å². The normalized spacial score (nSPS) is 17.1. The highest BCUT2D eigenvalue weighted by atomic mass is 32.1. The van der Waals surface area contributed by atoms with Crippen LogP contribution in [0.25, 0.3) is 0 Å². The summed E-state index contributed by atoms with van der Waals surface area (Å²) in [5, 5.41) is 2.00. The Bertz CT molecular complexity index is 565. The summed E-state index contributed by atoms with van der Waals surface area (Å²) in [4.78, 5) is 9.46. The van der Waals surface area contributed by atoms with Crippen LogP contribution in [0.2, 0.25) is 0 Å². The summed E-state index contributed by atoms with van der Waals surface area (Å²) in [6, 6.07) is 8.07. The number of nitrogens with two attached hydrogens (primary N) is 1. The highest BCUT2D eigenvalue weighted by Gasteiger charge is 2.20. The van der Waals surface area contributed by atoms with Crippen molar-refractivity contribution in [3.63, 3.8) is 0 Å². The highest BCUT2D eigenvalue weighted by molar-refractivity contribution is 7.07. The Morgan fingerprint density at radius 1 is 1.17 bits per heavy atom. The van der Waals surface area contributed by atoms with E-state index in [0.717, 1.165) is 29.3 Å². The van der Waals surface area contributed by atoms with Crippen molar-refractivity contribution in [2.45, 2.75) is 51.2 Å². The maximum atomic E-state index is 5.74. The molecule has 0 aliphatic heterocycles. The van der Waals surface area contributed by atoms with Gasteiger partial charge in [0.1, 0.15) is 18.5 Å². The van der Waals surface area contributed by atoms with E-state index in [1.807, 2.05) is 23.0 Å². The van der Waals surface area contributed by atoms with E-state index >= 15 is 0 Å². The third-order valence-electron chi connectivity index (χ3n) is 4.56. The lowest BCUT2D eigenvalue weighted by Crippen LogP contribution is -2.16. The maximum absolute atomic E-state index is 5.74. The molecule has 1 aromatic carbocycles. The second kappa shape index (κ2) is 8.43. The molecule has 0 radical (unpaired) electrons. The van der Waals surface area contributed by atoms with Crippen LogP contribution >= 0.6 is 11.3 Å². The predicted molar refractivity (Wildman–Crippen MR) is 92.1 cm³/mol. The van der Waals surface area contributed by atoms with Crippen molar-refractivity contribution in [3.05, 3.63) is 46.4 Å². The highest BCUT2D eigenvalue weighted by Crippen LogP contribution is 2.33. The number of nitrogens with zero attached hydrogens (tertiary/aromatic N) is 1. The van der Waals surface area contributed by atoms with Crippen molar-refractivity contribution in [3.8, 4) is 5.75 Å². The molecule has 1 fully saturated rings. The molecule has 2 aromatic rings. The monoisotopic (exact) mass is 332 g/mol. The summed E-state index contributed by atoms with van der Waals surface area (Å²) < 4.78 is 5.74. The lowest BCUT2D eigenvalue weighted by atomic mass is 9.84. The molecule has 1 aliphatic rings. The van der Waals surface area contributed by atoms with Gasteiger partial charge in [-0.3, -0.25) is 4.84 Å². The molecule has 1 aromatic heterocycles. The summed E-state index contributed by atoms with van der Waals surface area (Å²) >= 11 is 1.58. The zero-order valence-electron chi connectivity index (χ0n) is 13.3. The van der Waals surface area contributed by atoms with Gasteiger partial charge in [-0.15, -0.1) is 11.3 Å². The third kappa shape index (κ3) is 4.77. The molecule has 1 saturated carbocycles.